The molecule has 0 spiro atoms. The Kier molecular flexibility index (Phi) is 4.40. The van der Waals surface area contributed by atoms with Crippen LogP contribution in [0.1, 0.15) is 5.56 Å². The van der Waals surface area contributed by atoms with E-state index in [1.54, 1.807) is 37.4 Å². The average molecular weight is 298 g/mol. The van der Waals surface area contributed by atoms with E-state index in [1.807, 2.05) is 6.07 Å². The minimum Gasteiger partial charge on any atom is -0.496 e. The molecule has 2 aromatic carbocycles. The van der Waals surface area contributed by atoms with Gasteiger partial charge in [-0.15, -0.1) is 0 Å². The number of rotatable bonds is 4. The zero-order chi connectivity index (χ0) is 13.8. The fraction of sp³-hybridized carbons (Fsp3) is 0.143. The van der Waals surface area contributed by atoms with E-state index >= 15 is 0 Å². The Morgan fingerprint density at radius 3 is 2.53 bits per heavy atom. The maximum atomic E-state index is 6.03. The first kappa shape index (κ1) is 13.8. The Labute approximate surface area is 121 Å². The Morgan fingerprint density at radius 1 is 1.05 bits per heavy atom. The van der Waals surface area contributed by atoms with E-state index < -0.39 is 0 Å². The third kappa shape index (κ3) is 3.46. The predicted molar refractivity (Wildman–Crippen MR) is 78.2 cm³/mol. The number of methoxy groups -OCH3 is 1. The largest absolute Gasteiger partial charge is 0.496 e. The van der Waals surface area contributed by atoms with Gasteiger partial charge < -0.3 is 15.2 Å². The molecule has 2 N–H and O–H groups in total. The highest BCUT2D eigenvalue weighted by Gasteiger charge is 2.07. The van der Waals surface area contributed by atoms with E-state index in [-0.39, 0.29) is 0 Å². The molecule has 0 aliphatic heterocycles. The molecule has 0 saturated carbocycles. The van der Waals surface area contributed by atoms with Gasteiger partial charge in [-0.3, -0.25) is 0 Å². The van der Waals surface area contributed by atoms with Gasteiger partial charge in [-0.05, 0) is 30.3 Å². The van der Waals surface area contributed by atoms with Crippen LogP contribution in [0.15, 0.2) is 36.4 Å². The van der Waals surface area contributed by atoms with Crippen LogP contribution in [0, 0.1) is 0 Å². The van der Waals surface area contributed by atoms with Gasteiger partial charge in [0.1, 0.15) is 18.1 Å². The number of hydrogen-bond acceptors (Lipinski definition) is 3. The molecule has 0 atom stereocenters. The highest BCUT2D eigenvalue weighted by Crippen LogP contribution is 2.29. The van der Waals surface area contributed by atoms with Gasteiger partial charge >= 0.3 is 0 Å². The Balaban J connectivity index is 2.14. The normalized spacial score (nSPS) is 10.3. The highest BCUT2D eigenvalue weighted by molar-refractivity contribution is 6.35. The monoisotopic (exact) mass is 297 g/mol. The molecular formula is C14H13Cl2NO2. The third-order valence-electron chi connectivity index (χ3n) is 2.59. The van der Waals surface area contributed by atoms with E-state index in [0.29, 0.717) is 33.8 Å². The number of ether oxygens (including phenoxy) is 2. The van der Waals surface area contributed by atoms with Crippen molar-refractivity contribution in [3.05, 3.63) is 52.0 Å². The minimum absolute atomic E-state index is 0.338. The molecule has 0 heterocycles. The van der Waals surface area contributed by atoms with Crippen molar-refractivity contribution in [2.45, 2.75) is 6.61 Å². The summed E-state index contributed by atoms with van der Waals surface area (Å²) in [6.07, 6.45) is 0. The van der Waals surface area contributed by atoms with Crippen LogP contribution in [0.5, 0.6) is 11.5 Å². The lowest BCUT2D eigenvalue weighted by atomic mass is 10.2. The molecule has 5 heteroatoms. The molecule has 0 bridgehead atoms. The summed E-state index contributed by atoms with van der Waals surface area (Å²) in [5.74, 6) is 1.26. The van der Waals surface area contributed by atoms with Crippen molar-refractivity contribution in [1.29, 1.82) is 0 Å². The fourth-order valence-electron chi connectivity index (χ4n) is 1.63. The molecule has 0 aromatic heterocycles. The molecule has 0 aliphatic rings. The van der Waals surface area contributed by atoms with Crippen molar-refractivity contribution < 1.29 is 9.47 Å². The number of nitrogen functional groups attached to an aromatic ring is 1. The molecule has 0 saturated heterocycles. The lowest BCUT2D eigenvalue weighted by Gasteiger charge is -2.12. The summed E-state index contributed by atoms with van der Waals surface area (Å²) in [5.41, 5.74) is 7.23. The van der Waals surface area contributed by atoms with Crippen LogP contribution in [0.25, 0.3) is 0 Å². The number of benzene rings is 2. The maximum absolute atomic E-state index is 6.03. The molecule has 0 radical (unpaired) electrons. The first-order chi connectivity index (χ1) is 9.10. The topological polar surface area (TPSA) is 44.5 Å². The van der Waals surface area contributed by atoms with Crippen molar-refractivity contribution in [2.24, 2.45) is 0 Å². The van der Waals surface area contributed by atoms with Gasteiger partial charge in [-0.1, -0.05) is 23.2 Å². The molecule has 0 amide bonds. The van der Waals surface area contributed by atoms with Gasteiger partial charge in [0.15, 0.2) is 0 Å². The maximum Gasteiger partial charge on any atom is 0.138 e. The van der Waals surface area contributed by atoms with E-state index in [1.165, 1.54) is 0 Å². The van der Waals surface area contributed by atoms with Gasteiger partial charge in [0.05, 0.1) is 12.1 Å². The average Bonchev–Trinajstić information content (AvgIpc) is 2.39. The Bertz CT molecular complexity index is 588. The summed E-state index contributed by atoms with van der Waals surface area (Å²) in [4.78, 5) is 0. The zero-order valence-corrected chi connectivity index (χ0v) is 11.8. The zero-order valence-electron chi connectivity index (χ0n) is 10.3. The second-order valence-electron chi connectivity index (χ2n) is 3.93. The Hall–Kier alpha value is -1.58. The first-order valence-electron chi connectivity index (χ1n) is 5.60. The lowest BCUT2D eigenvalue weighted by Crippen LogP contribution is -2.00. The van der Waals surface area contributed by atoms with Crippen LogP contribution in [-0.4, -0.2) is 7.11 Å². The smallest absolute Gasteiger partial charge is 0.138 e. The summed E-state index contributed by atoms with van der Waals surface area (Å²) >= 11 is 11.9. The van der Waals surface area contributed by atoms with E-state index in [2.05, 4.69) is 0 Å². The van der Waals surface area contributed by atoms with Crippen LogP contribution in [0.2, 0.25) is 10.0 Å². The minimum atomic E-state index is 0.338. The molecule has 0 fully saturated rings. The summed E-state index contributed by atoms with van der Waals surface area (Å²) in [6, 6.07) is 10.5. The van der Waals surface area contributed by atoms with E-state index in [9.17, 15) is 0 Å². The standard InChI is InChI=1S/C14H13Cl2NO2/c1-18-14-7-11(17)4-2-9(14)8-19-13-5-3-10(15)6-12(13)16/h2-7H,8,17H2,1H3. The Morgan fingerprint density at radius 2 is 1.84 bits per heavy atom. The van der Waals surface area contributed by atoms with Crippen molar-refractivity contribution in [3.63, 3.8) is 0 Å². The molecule has 3 nitrogen and oxygen atoms in total. The molecular weight excluding hydrogens is 285 g/mol. The van der Waals surface area contributed by atoms with Crippen LogP contribution in [-0.2, 0) is 6.61 Å². The predicted octanol–water partition coefficient (Wildman–Crippen LogP) is 4.16. The quantitative estimate of drug-likeness (QED) is 0.862. The summed E-state index contributed by atoms with van der Waals surface area (Å²) in [5, 5.41) is 1.05. The molecule has 100 valence electrons. The first-order valence-corrected chi connectivity index (χ1v) is 6.36. The van der Waals surface area contributed by atoms with Crippen LogP contribution in [0.3, 0.4) is 0 Å². The van der Waals surface area contributed by atoms with Crippen LogP contribution in [0.4, 0.5) is 5.69 Å². The third-order valence-corrected chi connectivity index (χ3v) is 3.12. The molecule has 2 aromatic rings. The van der Waals surface area contributed by atoms with E-state index in [4.69, 9.17) is 38.4 Å². The van der Waals surface area contributed by atoms with Crippen molar-refractivity contribution in [1.82, 2.24) is 0 Å². The number of anilines is 1. The molecule has 19 heavy (non-hydrogen) atoms. The molecule has 0 unspecified atom stereocenters. The van der Waals surface area contributed by atoms with E-state index in [0.717, 1.165) is 5.56 Å². The van der Waals surface area contributed by atoms with Crippen LogP contribution < -0.4 is 15.2 Å². The highest BCUT2D eigenvalue weighted by atomic mass is 35.5. The lowest BCUT2D eigenvalue weighted by molar-refractivity contribution is 0.297. The number of nitrogens with two attached hydrogens (primary N) is 1. The second kappa shape index (κ2) is 6.04. The molecule has 0 aliphatic carbocycles. The van der Waals surface area contributed by atoms with Gasteiger partial charge in [0, 0.05) is 22.3 Å². The number of halogens is 2. The van der Waals surface area contributed by atoms with Crippen molar-refractivity contribution in [2.75, 3.05) is 12.8 Å². The fourth-order valence-corrected chi connectivity index (χ4v) is 2.09. The summed E-state index contributed by atoms with van der Waals surface area (Å²) in [6.45, 7) is 0.338. The van der Waals surface area contributed by atoms with Crippen molar-refractivity contribution in [3.8, 4) is 11.5 Å². The summed E-state index contributed by atoms with van der Waals surface area (Å²) in [7, 11) is 1.59. The number of hydrogen-bond donors (Lipinski definition) is 1. The van der Waals surface area contributed by atoms with Gasteiger partial charge in [0.25, 0.3) is 0 Å². The second-order valence-corrected chi connectivity index (χ2v) is 4.78. The van der Waals surface area contributed by atoms with Gasteiger partial charge in [0.2, 0.25) is 0 Å². The SMILES string of the molecule is COc1cc(N)ccc1COc1ccc(Cl)cc1Cl. The van der Waals surface area contributed by atoms with Gasteiger partial charge in [-0.2, -0.15) is 0 Å². The van der Waals surface area contributed by atoms with Crippen molar-refractivity contribution >= 4 is 28.9 Å². The van der Waals surface area contributed by atoms with Gasteiger partial charge in [-0.25, -0.2) is 0 Å². The van der Waals surface area contributed by atoms with Crippen LogP contribution >= 0.6 is 23.2 Å². The molecule has 2 rings (SSSR count). The summed E-state index contributed by atoms with van der Waals surface area (Å²) < 4.78 is 10.9.